The van der Waals surface area contributed by atoms with E-state index in [1.807, 2.05) is 48.5 Å². The maximum absolute atomic E-state index is 12.6. The van der Waals surface area contributed by atoms with Crippen molar-refractivity contribution in [1.29, 1.82) is 0 Å². The summed E-state index contributed by atoms with van der Waals surface area (Å²) in [6.45, 7) is 0. The minimum Gasteiger partial charge on any atom is -0.497 e. The first-order valence-corrected chi connectivity index (χ1v) is 7.37. The largest absolute Gasteiger partial charge is 0.497 e. The van der Waals surface area contributed by atoms with Crippen LogP contribution in [-0.4, -0.2) is 18.6 Å². The molecule has 4 nitrogen and oxygen atoms in total. The molecule has 0 saturated heterocycles. The van der Waals surface area contributed by atoms with Gasteiger partial charge in [0.25, 0.3) is 0 Å². The molecule has 1 N–H and O–H groups in total. The molecule has 112 valence electrons. The Bertz CT molecular complexity index is 705. The highest BCUT2D eigenvalue weighted by atomic mass is 16.5. The molecule has 0 atom stereocenters. The third-order valence-electron chi connectivity index (χ3n) is 3.79. The van der Waals surface area contributed by atoms with Crippen molar-refractivity contribution in [2.45, 2.75) is 19.3 Å². The lowest BCUT2D eigenvalue weighted by molar-refractivity contribution is 0.106. The highest BCUT2D eigenvalue weighted by Gasteiger charge is 2.20. The normalized spacial score (nSPS) is 16.0. The standard InChI is InChI=1S/C18H18N2O2/c1-22-15-11-9-14(10-12-15)19-20-17-8-4-6-13-5-2-3-7-16(13)18(17)21/h2-3,5,7,9-12,19H,4,6,8H2,1H3/b20-17+. The number of Topliss-reactive ketones (excluding diaryl/α,β-unsaturated/α-hetero) is 1. The summed E-state index contributed by atoms with van der Waals surface area (Å²) in [4.78, 5) is 12.6. The number of carbonyl (C=O) groups excluding carboxylic acids is 1. The molecule has 2 aromatic rings. The van der Waals surface area contributed by atoms with E-state index in [2.05, 4.69) is 10.5 Å². The highest BCUT2D eigenvalue weighted by Crippen LogP contribution is 2.20. The van der Waals surface area contributed by atoms with Crippen LogP contribution in [0.15, 0.2) is 53.6 Å². The number of hydrogen-bond acceptors (Lipinski definition) is 4. The Hall–Kier alpha value is -2.62. The SMILES string of the molecule is COc1ccc(N/N=C2\CCCc3ccccc3C2=O)cc1. The Morgan fingerprint density at radius 2 is 1.82 bits per heavy atom. The zero-order valence-corrected chi connectivity index (χ0v) is 12.5. The Labute approximate surface area is 129 Å². The quantitative estimate of drug-likeness (QED) is 0.694. The zero-order chi connectivity index (χ0) is 15.4. The van der Waals surface area contributed by atoms with Gasteiger partial charge in [0.2, 0.25) is 5.78 Å². The number of hydrazone groups is 1. The number of nitrogens with zero attached hydrogens (tertiary/aromatic N) is 1. The van der Waals surface area contributed by atoms with Gasteiger partial charge in [-0.1, -0.05) is 24.3 Å². The lowest BCUT2D eigenvalue weighted by Crippen LogP contribution is -2.15. The van der Waals surface area contributed by atoms with Crippen molar-refractivity contribution in [2.24, 2.45) is 5.10 Å². The van der Waals surface area contributed by atoms with E-state index in [0.29, 0.717) is 12.1 Å². The van der Waals surface area contributed by atoms with E-state index in [-0.39, 0.29) is 5.78 Å². The maximum atomic E-state index is 12.6. The van der Waals surface area contributed by atoms with Gasteiger partial charge in [0.1, 0.15) is 11.5 Å². The van der Waals surface area contributed by atoms with Crippen LogP contribution < -0.4 is 10.2 Å². The summed E-state index contributed by atoms with van der Waals surface area (Å²) in [5.41, 5.74) is 6.27. The van der Waals surface area contributed by atoms with Crippen LogP contribution in [0.2, 0.25) is 0 Å². The van der Waals surface area contributed by atoms with Crippen molar-refractivity contribution >= 4 is 17.2 Å². The lowest BCUT2D eigenvalue weighted by atomic mass is 10.0. The summed E-state index contributed by atoms with van der Waals surface area (Å²) in [6.07, 6.45) is 2.55. The van der Waals surface area contributed by atoms with E-state index in [1.165, 1.54) is 0 Å². The van der Waals surface area contributed by atoms with Crippen molar-refractivity contribution in [3.05, 3.63) is 59.7 Å². The number of methoxy groups -OCH3 is 1. The van der Waals surface area contributed by atoms with E-state index in [4.69, 9.17) is 4.74 Å². The molecule has 0 unspecified atom stereocenters. The molecule has 0 radical (unpaired) electrons. The van der Waals surface area contributed by atoms with Crippen molar-refractivity contribution in [2.75, 3.05) is 12.5 Å². The minimum absolute atomic E-state index is 0.0223. The van der Waals surface area contributed by atoms with Crippen molar-refractivity contribution in [3.8, 4) is 5.75 Å². The summed E-state index contributed by atoms with van der Waals surface area (Å²) in [5, 5.41) is 4.33. The fourth-order valence-electron chi connectivity index (χ4n) is 2.58. The highest BCUT2D eigenvalue weighted by molar-refractivity contribution is 6.46. The molecule has 0 heterocycles. The molecule has 0 spiro atoms. The van der Waals surface area contributed by atoms with Crippen LogP contribution >= 0.6 is 0 Å². The first-order chi connectivity index (χ1) is 10.8. The monoisotopic (exact) mass is 294 g/mol. The predicted molar refractivity (Wildman–Crippen MR) is 87.8 cm³/mol. The number of ether oxygens (including phenoxy) is 1. The Morgan fingerprint density at radius 1 is 1.05 bits per heavy atom. The first-order valence-electron chi connectivity index (χ1n) is 7.37. The van der Waals surface area contributed by atoms with Gasteiger partial charge in [-0.05, 0) is 49.1 Å². The van der Waals surface area contributed by atoms with Crippen LogP contribution in [0.5, 0.6) is 5.75 Å². The van der Waals surface area contributed by atoms with E-state index < -0.39 is 0 Å². The van der Waals surface area contributed by atoms with Crippen molar-refractivity contribution in [3.63, 3.8) is 0 Å². The van der Waals surface area contributed by atoms with Gasteiger partial charge in [-0.2, -0.15) is 5.10 Å². The summed E-state index contributed by atoms with van der Waals surface area (Å²) in [6, 6.07) is 15.2. The van der Waals surface area contributed by atoms with Crippen LogP contribution in [-0.2, 0) is 6.42 Å². The van der Waals surface area contributed by atoms with Crippen LogP contribution in [0.25, 0.3) is 0 Å². The van der Waals surface area contributed by atoms with Gasteiger partial charge >= 0.3 is 0 Å². The van der Waals surface area contributed by atoms with Crippen molar-refractivity contribution < 1.29 is 9.53 Å². The van der Waals surface area contributed by atoms with Crippen LogP contribution in [0.1, 0.15) is 28.8 Å². The smallest absolute Gasteiger partial charge is 0.209 e. The summed E-state index contributed by atoms with van der Waals surface area (Å²) < 4.78 is 5.12. The van der Waals surface area contributed by atoms with Gasteiger partial charge < -0.3 is 4.74 Å². The molecule has 0 saturated carbocycles. The lowest BCUT2D eigenvalue weighted by Gasteiger charge is -2.06. The molecular formula is C18H18N2O2. The molecule has 22 heavy (non-hydrogen) atoms. The number of fused-ring (bicyclic) bond motifs is 1. The molecule has 0 amide bonds. The van der Waals surface area contributed by atoms with Gasteiger partial charge in [-0.15, -0.1) is 0 Å². The second-order valence-electron chi connectivity index (χ2n) is 5.24. The van der Waals surface area contributed by atoms with E-state index in [1.54, 1.807) is 7.11 Å². The summed E-state index contributed by atoms with van der Waals surface area (Å²) in [5.74, 6) is 0.812. The number of rotatable bonds is 3. The van der Waals surface area contributed by atoms with Crippen LogP contribution in [0.3, 0.4) is 0 Å². The molecule has 3 rings (SSSR count). The third kappa shape index (κ3) is 3.01. The molecule has 1 aliphatic carbocycles. The number of carbonyl (C=O) groups is 1. The van der Waals surface area contributed by atoms with Gasteiger partial charge in [0.15, 0.2) is 0 Å². The molecule has 0 fully saturated rings. The molecule has 0 aromatic heterocycles. The number of ketones is 1. The van der Waals surface area contributed by atoms with Crippen molar-refractivity contribution in [1.82, 2.24) is 0 Å². The maximum Gasteiger partial charge on any atom is 0.209 e. The number of anilines is 1. The molecular weight excluding hydrogens is 276 g/mol. The minimum atomic E-state index is 0.0223. The second-order valence-corrected chi connectivity index (χ2v) is 5.24. The fourth-order valence-corrected chi connectivity index (χ4v) is 2.58. The van der Waals surface area contributed by atoms with Crippen LogP contribution in [0, 0.1) is 0 Å². The number of hydrogen-bond donors (Lipinski definition) is 1. The molecule has 2 aromatic carbocycles. The summed E-state index contributed by atoms with van der Waals surface area (Å²) in [7, 11) is 1.63. The number of benzene rings is 2. The Balaban J connectivity index is 1.80. The molecule has 0 bridgehead atoms. The average molecular weight is 294 g/mol. The Morgan fingerprint density at radius 3 is 2.59 bits per heavy atom. The van der Waals surface area contributed by atoms with Gasteiger partial charge in [0, 0.05) is 5.56 Å². The predicted octanol–water partition coefficient (Wildman–Crippen LogP) is 3.68. The fraction of sp³-hybridized carbons (Fsp3) is 0.222. The second kappa shape index (κ2) is 6.43. The molecule has 4 heteroatoms. The first kappa shape index (κ1) is 14.3. The van der Waals surface area contributed by atoms with E-state index >= 15 is 0 Å². The van der Waals surface area contributed by atoms with E-state index in [0.717, 1.165) is 35.4 Å². The number of aryl methyl sites for hydroxylation is 1. The summed E-state index contributed by atoms with van der Waals surface area (Å²) >= 11 is 0. The number of nitrogens with one attached hydrogen (secondary N) is 1. The van der Waals surface area contributed by atoms with E-state index in [9.17, 15) is 4.79 Å². The third-order valence-corrected chi connectivity index (χ3v) is 3.79. The van der Waals surface area contributed by atoms with Gasteiger partial charge in [0.05, 0.1) is 12.8 Å². The van der Waals surface area contributed by atoms with Crippen LogP contribution in [0.4, 0.5) is 5.69 Å². The average Bonchev–Trinajstić information content (AvgIpc) is 2.73. The molecule has 0 aliphatic heterocycles. The zero-order valence-electron chi connectivity index (χ0n) is 12.5. The topological polar surface area (TPSA) is 50.7 Å². The Kier molecular flexibility index (Phi) is 4.19. The van der Waals surface area contributed by atoms with Gasteiger partial charge in [-0.25, -0.2) is 0 Å². The van der Waals surface area contributed by atoms with Gasteiger partial charge in [-0.3, -0.25) is 10.2 Å². The molecule has 1 aliphatic rings.